The Labute approximate surface area is 108 Å². The lowest BCUT2D eigenvalue weighted by molar-refractivity contribution is 0.458. The van der Waals surface area contributed by atoms with Crippen molar-refractivity contribution in [2.75, 3.05) is 0 Å². The highest BCUT2D eigenvalue weighted by Crippen LogP contribution is 2.18. The average Bonchev–Trinajstić information content (AvgIpc) is 2.64. The summed E-state index contributed by atoms with van der Waals surface area (Å²) in [6.07, 6.45) is 7.64. The molecule has 0 bridgehead atoms. The third kappa shape index (κ3) is 3.82. The fourth-order valence-corrected chi connectivity index (χ4v) is 2.56. The van der Waals surface area contributed by atoms with Crippen LogP contribution in [0.15, 0.2) is 18.2 Å². The summed E-state index contributed by atoms with van der Waals surface area (Å²) in [5.74, 6) is -0.327. The first kappa shape index (κ1) is 13.0. The van der Waals surface area contributed by atoms with Crippen LogP contribution in [0.5, 0.6) is 0 Å². The Bertz CT molecular complexity index is 429. The van der Waals surface area contributed by atoms with Crippen molar-refractivity contribution in [3.63, 3.8) is 0 Å². The van der Waals surface area contributed by atoms with Crippen LogP contribution in [0, 0.1) is 17.1 Å². The lowest BCUT2D eigenvalue weighted by Gasteiger charge is -2.16. The molecule has 1 N–H and O–H groups in total. The zero-order valence-corrected chi connectivity index (χ0v) is 10.6. The molecule has 3 heteroatoms. The van der Waals surface area contributed by atoms with Crippen molar-refractivity contribution in [1.82, 2.24) is 5.32 Å². The van der Waals surface area contributed by atoms with Gasteiger partial charge in [0.2, 0.25) is 0 Å². The standard InChI is InChI=1S/C15H19FN2/c16-14-8-12(10-17)7-13(9-14)11-18-15-5-3-1-2-4-6-15/h7-9,15,18H,1-6,11H2. The predicted octanol–water partition coefficient (Wildman–Crippen LogP) is 3.51. The van der Waals surface area contributed by atoms with Crippen molar-refractivity contribution in [3.05, 3.63) is 35.1 Å². The molecular formula is C15H19FN2. The largest absolute Gasteiger partial charge is 0.310 e. The zero-order valence-electron chi connectivity index (χ0n) is 10.6. The molecule has 1 aromatic carbocycles. The van der Waals surface area contributed by atoms with Gasteiger partial charge in [0, 0.05) is 12.6 Å². The number of nitrogens with zero attached hydrogens (tertiary/aromatic N) is 1. The molecule has 1 aliphatic carbocycles. The Morgan fingerprint density at radius 1 is 1.17 bits per heavy atom. The lowest BCUT2D eigenvalue weighted by Crippen LogP contribution is -2.27. The van der Waals surface area contributed by atoms with E-state index < -0.39 is 0 Å². The van der Waals surface area contributed by atoms with Crippen molar-refractivity contribution in [1.29, 1.82) is 5.26 Å². The molecule has 0 amide bonds. The Hall–Kier alpha value is -1.40. The second-order valence-electron chi connectivity index (χ2n) is 5.03. The van der Waals surface area contributed by atoms with Gasteiger partial charge in [0.25, 0.3) is 0 Å². The Morgan fingerprint density at radius 2 is 1.89 bits per heavy atom. The molecule has 0 saturated heterocycles. The molecule has 2 rings (SSSR count). The van der Waals surface area contributed by atoms with Gasteiger partial charge in [-0.05, 0) is 36.6 Å². The second-order valence-corrected chi connectivity index (χ2v) is 5.03. The summed E-state index contributed by atoms with van der Waals surface area (Å²) >= 11 is 0. The fraction of sp³-hybridized carbons (Fsp3) is 0.533. The number of nitriles is 1. The first-order valence-electron chi connectivity index (χ1n) is 6.71. The number of nitrogens with one attached hydrogen (secondary N) is 1. The van der Waals surface area contributed by atoms with Gasteiger partial charge in [-0.3, -0.25) is 0 Å². The maximum Gasteiger partial charge on any atom is 0.124 e. The molecule has 2 nitrogen and oxygen atoms in total. The van der Waals surface area contributed by atoms with Gasteiger partial charge >= 0.3 is 0 Å². The maximum absolute atomic E-state index is 13.3. The van der Waals surface area contributed by atoms with E-state index >= 15 is 0 Å². The van der Waals surface area contributed by atoms with E-state index in [4.69, 9.17) is 5.26 Å². The van der Waals surface area contributed by atoms with Crippen LogP contribution in [0.1, 0.15) is 49.7 Å². The molecular weight excluding hydrogens is 227 g/mol. The number of hydrogen-bond donors (Lipinski definition) is 1. The Balaban J connectivity index is 1.93. The normalized spacial score (nSPS) is 17.1. The monoisotopic (exact) mass is 246 g/mol. The van der Waals surface area contributed by atoms with Gasteiger partial charge in [-0.2, -0.15) is 5.26 Å². The molecule has 0 atom stereocenters. The summed E-state index contributed by atoms with van der Waals surface area (Å²) in [5.41, 5.74) is 1.25. The quantitative estimate of drug-likeness (QED) is 0.828. The van der Waals surface area contributed by atoms with Crippen LogP contribution in [-0.2, 0) is 6.54 Å². The summed E-state index contributed by atoms with van der Waals surface area (Å²) in [6.45, 7) is 0.650. The third-order valence-electron chi connectivity index (χ3n) is 3.54. The highest BCUT2D eigenvalue weighted by Gasteiger charge is 2.11. The van der Waals surface area contributed by atoms with E-state index in [0.717, 1.165) is 5.56 Å². The van der Waals surface area contributed by atoms with Gasteiger partial charge in [-0.15, -0.1) is 0 Å². The van der Waals surface area contributed by atoms with E-state index in [1.54, 1.807) is 6.07 Å². The molecule has 0 unspecified atom stereocenters. The van der Waals surface area contributed by atoms with Gasteiger partial charge in [0.05, 0.1) is 11.6 Å². The molecule has 1 aromatic rings. The topological polar surface area (TPSA) is 35.8 Å². The fourth-order valence-electron chi connectivity index (χ4n) is 2.56. The predicted molar refractivity (Wildman–Crippen MR) is 69.4 cm³/mol. The molecule has 0 aliphatic heterocycles. The number of halogens is 1. The smallest absolute Gasteiger partial charge is 0.124 e. The van der Waals surface area contributed by atoms with Crippen LogP contribution in [0.2, 0.25) is 0 Å². The molecule has 1 fully saturated rings. The molecule has 0 heterocycles. The Kier molecular flexibility index (Phi) is 4.72. The highest BCUT2D eigenvalue weighted by molar-refractivity contribution is 5.33. The number of hydrogen-bond acceptors (Lipinski definition) is 2. The SMILES string of the molecule is N#Cc1cc(F)cc(CNC2CCCCCC2)c1. The first-order valence-corrected chi connectivity index (χ1v) is 6.71. The van der Waals surface area contributed by atoms with E-state index in [0.29, 0.717) is 18.2 Å². The third-order valence-corrected chi connectivity index (χ3v) is 3.54. The summed E-state index contributed by atoms with van der Waals surface area (Å²) < 4.78 is 13.3. The minimum Gasteiger partial charge on any atom is -0.310 e. The summed E-state index contributed by atoms with van der Waals surface area (Å²) in [5, 5.41) is 12.3. The van der Waals surface area contributed by atoms with Crippen LogP contribution < -0.4 is 5.32 Å². The van der Waals surface area contributed by atoms with Crippen molar-refractivity contribution >= 4 is 0 Å². The van der Waals surface area contributed by atoms with E-state index in [1.807, 2.05) is 6.07 Å². The Morgan fingerprint density at radius 3 is 2.56 bits per heavy atom. The van der Waals surface area contributed by atoms with E-state index in [2.05, 4.69) is 5.32 Å². The molecule has 1 saturated carbocycles. The first-order chi connectivity index (χ1) is 8.78. The lowest BCUT2D eigenvalue weighted by atomic mass is 10.1. The maximum atomic E-state index is 13.3. The highest BCUT2D eigenvalue weighted by atomic mass is 19.1. The van der Waals surface area contributed by atoms with E-state index in [9.17, 15) is 4.39 Å². The molecule has 0 spiro atoms. The minimum absolute atomic E-state index is 0.327. The van der Waals surface area contributed by atoms with Crippen molar-refractivity contribution in [3.8, 4) is 6.07 Å². The van der Waals surface area contributed by atoms with Crippen molar-refractivity contribution in [2.45, 2.75) is 51.1 Å². The van der Waals surface area contributed by atoms with Crippen molar-refractivity contribution < 1.29 is 4.39 Å². The minimum atomic E-state index is -0.327. The van der Waals surface area contributed by atoms with Gasteiger partial charge in [-0.1, -0.05) is 25.7 Å². The van der Waals surface area contributed by atoms with Crippen LogP contribution in [0.4, 0.5) is 4.39 Å². The number of benzene rings is 1. The molecule has 18 heavy (non-hydrogen) atoms. The molecule has 96 valence electrons. The van der Waals surface area contributed by atoms with Crippen LogP contribution in [0.25, 0.3) is 0 Å². The van der Waals surface area contributed by atoms with E-state index in [-0.39, 0.29) is 5.82 Å². The second kappa shape index (κ2) is 6.51. The van der Waals surface area contributed by atoms with Gasteiger partial charge in [0.15, 0.2) is 0 Å². The summed E-state index contributed by atoms with van der Waals surface area (Å²) in [6, 6.07) is 7.07. The van der Waals surface area contributed by atoms with Crippen LogP contribution in [0.3, 0.4) is 0 Å². The van der Waals surface area contributed by atoms with Crippen LogP contribution in [-0.4, -0.2) is 6.04 Å². The molecule has 1 aliphatic rings. The zero-order chi connectivity index (χ0) is 12.8. The molecule has 0 aromatic heterocycles. The average molecular weight is 246 g/mol. The van der Waals surface area contributed by atoms with Crippen molar-refractivity contribution in [2.24, 2.45) is 0 Å². The summed E-state index contributed by atoms with van der Waals surface area (Å²) in [4.78, 5) is 0. The van der Waals surface area contributed by atoms with Gasteiger partial charge in [-0.25, -0.2) is 4.39 Å². The number of rotatable bonds is 3. The summed E-state index contributed by atoms with van der Waals surface area (Å²) in [7, 11) is 0. The van der Waals surface area contributed by atoms with Crippen LogP contribution >= 0.6 is 0 Å². The van der Waals surface area contributed by atoms with E-state index in [1.165, 1.54) is 50.7 Å². The van der Waals surface area contributed by atoms with Gasteiger partial charge < -0.3 is 5.32 Å². The molecule has 0 radical (unpaired) electrons. The van der Waals surface area contributed by atoms with Gasteiger partial charge in [0.1, 0.15) is 5.82 Å².